The summed E-state index contributed by atoms with van der Waals surface area (Å²) >= 11 is 0. The van der Waals surface area contributed by atoms with E-state index in [0.29, 0.717) is 17.6 Å². The molecule has 36 heavy (non-hydrogen) atoms. The smallest absolute Gasteiger partial charge is 0.123 e. The third-order valence-electron chi connectivity index (χ3n) is 8.26. The lowest BCUT2D eigenvalue weighted by Crippen LogP contribution is -2.07. The maximum atomic E-state index is 10.8. The molecule has 2 aliphatic carbocycles. The molecule has 3 aromatic carbocycles. The van der Waals surface area contributed by atoms with Crippen molar-refractivity contribution in [3.63, 3.8) is 0 Å². The van der Waals surface area contributed by atoms with Gasteiger partial charge in [0.25, 0.3) is 0 Å². The van der Waals surface area contributed by atoms with Crippen molar-refractivity contribution in [2.45, 2.75) is 96.8 Å². The molecule has 0 spiro atoms. The minimum atomic E-state index is 0.283. The fourth-order valence-corrected chi connectivity index (χ4v) is 6.12. The lowest BCUT2D eigenvalue weighted by atomic mass is 9.79. The summed E-state index contributed by atoms with van der Waals surface area (Å²) in [6.07, 6.45) is 12.8. The van der Waals surface area contributed by atoms with Crippen molar-refractivity contribution >= 4 is 0 Å². The third-order valence-corrected chi connectivity index (χ3v) is 8.26. The predicted molar refractivity (Wildman–Crippen MR) is 149 cm³/mol. The van der Waals surface area contributed by atoms with Crippen LogP contribution in [0.15, 0.2) is 48.5 Å². The van der Waals surface area contributed by atoms with E-state index < -0.39 is 0 Å². The van der Waals surface area contributed by atoms with Crippen molar-refractivity contribution in [1.29, 1.82) is 0 Å². The van der Waals surface area contributed by atoms with Crippen molar-refractivity contribution in [1.82, 2.24) is 0 Å². The molecule has 0 saturated heterocycles. The molecule has 2 fully saturated rings. The summed E-state index contributed by atoms with van der Waals surface area (Å²) in [4.78, 5) is 0. The van der Waals surface area contributed by atoms with Gasteiger partial charge in [-0.2, -0.15) is 0 Å². The number of hydrogen-bond donors (Lipinski definition) is 3. The van der Waals surface area contributed by atoms with Crippen LogP contribution in [0.2, 0.25) is 0 Å². The molecule has 3 heteroatoms. The van der Waals surface area contributed by atoms with Crippen LogP contribution in [-0.4, -0.2) is 15.3 Å². The zero-order valence-electron chi connectivity index (χ0n) is 22.2. The minimum absolute atomic E-state index is 0.283. The van der Waals surface area contributed by atoms with Gasteiger partial charge in [-0.1, -0.05) is 56.7 Å². The van der Waals surface area contributed by atoms with Gasteiger partial charge in [-0.15, -0.1) is 0 Å². The molecule has 3 nitrogen and oxygen atoms in total. The molecule has 0 aromatic heterocycles. The van der Waals surface area contributed by atoms with E-state index in [2.05, 4.69) is 26.0 Å². The van der Waals surface area contributed by atoms with Gasteiger partial charge in [-0.25, -0.2) is 0 Å². The van der Waals surface area contributed by atoms with Crippen molar-refractivity contribution in [3.8, 4) is 28.4 Å². The van der Waals surface area contributed by atoms with E-state index in [0.717, 1.165) is 16.7 Å². The Bertz CT molecular complexity index is 1080. The van der Waals surface area contributed by atoms with Gasteiger partial charge in [0.1, 0.15) is 17.2 Å². The summed E-state index contributed by atoms with van der Waals surface area (Å²) in [5, 5.41) is 30.4. The molecule has 0 heterocycles. The normalized spacial score (nSPS) is 16.9. The van der Waals surface area contributed by atoms with Gasteiger partial charge in [0.05, 0.1) is 0 Å². The third kappa shape index (κ3) is 6.06. The van der Waals surface area contributed by atoms with Crippen LogP contribution >= 0.6 is 0 Å². The van der Waals surface area contributed by atoms with Crippen LogP contribution in [0.25, 0.3) is 11.1 Å². The summed E-state index contributed by atoms with van der Waals surface area (Å²) in [7, 11) is 0. The lowest BCUT2D eigenvalue weighted by Gasteiger charge is -2.26. The van der Waals surface area contributed by atoms with Crippen LogP contribution in [0.5, 0.6) is 17.2 Å². The summed E-state index contributed by atoms with van der Waals surface area (Å²) < 4.78 is 0. The maximum Gasteiger partial charge on any atom is 0.123 e. The fraction of sp³-hybridized carbons (Fsp3) is 0.455. The molecule has 0 unspecified atom stereocenters. The number of aryl methyl sites for hydroxylation is 3. The Hall–Kier alpha value is -2.94. The largest absolute Gasteiger partial charge is 0.508 e. The average molecular weight is 487 g/mol. The molecule has 0 bridgehead atoms. The summed E-state index contributed by atoms with van der Waals surface area (Å²) in [6, 6.07) is 15.4. The summed E-state index contributed by atoms with van der Waals surface area (Å²) in [5.41, 5.74) is 7.56. The van der Waals surface area contributed by atoms with Crippen molar-refractivity contribution in [2.75, 3.05) is 0 Å². The number of phenolic OH excluding ortho intramolecular Hbond substituents is 3. The van der Waals surface area contributed by atoms with Gasteiger partial charge in [0.15, 0.2) is 0 Å². The van der Waals surface area contributed by atoms with E-state index in [1.54, 1.807) is 6.07 Å². The SMILES string of the molecule is Cc1cc(O)c(-c2cc(C3CCCCC3)c(C)cc2O)cc1C1CCCCC1.Cc1ccccc1O. The Morgan fingerprint density at radius 1 is 0.500 bits per heavy atom. The van der Waals surface area contributed by atoms with Gasteiger partial charge in [0.2, 0.25) is 0 Å². The Labute approximate surface area is 216 Å². The zero-order chi connectivity index (χ0) is 25.7. The molecule has 5 rings (SSSR count). The molecule has 0 atom stereocenters. The Balaban J connectivity index is 0.000000325. The molecule has 2 saturated carbocycles. The van der Waals surface area contributed by atoms with E-state index in [9.17, 15) is 10.2 Å². The Kier molecular flexibility index (Phi) is 8.61. The van der Waals surface area contributed by atoms with Crippen molar-refractivity contribution in [2.24, 2.45) is 0 Å². The van der Waals surface area contributed by atoms with Crippen LogP contribution in [-0.2, 0) is 0 Å². The van der Waals surface area contributed by atoms with E-state index in [4.69, 9.17) is 5.11 Å². The first kappa shape index (κ1) is 26.1. The first-order valence-electron chi connectivity index (χ1n) is 13.8. The van der Waals surface area contributed by atoms with Crippen LogP contribution in [0, 0.1) is 20.8 Å². The summed E-state index contributed by atoms with van der Waals surface area (Å²) in [6.45, 7) is 6.08. The number of benzene rings is 3. The second kappa shape index (κ2) is 11.9. The van der Waals surface area contributed by atoms with Crippen LogP contribution in [0.3, 0.4) is 0 Å². The molecule has 192 valence electrons. The number of phenols is 3. The summed E-state index contributed by atoms with van der Waals surface area (Å²) in [5.74, 6) is 2.10. The molecular weight excluding hydrogens is 444 g/mol. The molecule has 3 N–H and O–H groups in total. The monoisotopic (exact) mass is 486 g/mol. The Morgan fingerprint density at radius 2 is 0.917 bits per heavy atom. The second-order valence-corrected chi connectivity index (χ2v) is 10.9. The number of aromatic hydroxyl groups is 3. The van der Waals surface area contributed by atoms with Crippen molar-refractivity contribution in [3.05, 3.63) is 76.3 Å². The maximum absolute atomic E-state index is 10.8. The highest BCUT2D eigenvalue weighted by atomic mass is 16.3. The quantitative estimate of drug-likeness (QED) is 0.346. The zero-order valence-corrected chi connectivity index (χ0v) is 22.2. The highest BCUT2D eigenvalue weighted by Crippen LogP contribution is 2.44. The minimum Gasteiger partial charge on any atom is -0.508 e. The van der Waals surface area contributed by atoms with Crippen LogP contribution < -0.4 is 0 Å². The van der Waals surface area contributed by atoms with Crippen molar-refractivity contribution < 1.29 is 15.3 Å². The fourth-order valence-electron chi connectivity index (χ4n) is 6.12. The highest BCUT2D eigenvalue weighted by molar-refractivity contribution is 5.78. The van der Waals surface area contributed by atoms with Crippen LogP contribution in [0.1, 0.15) is 104 Å². The van der Waals surface area contributed by atoms with E-state index >= 15 is 0 Å². The standard InChI is InChI=1S/C26H34O2.C7H8O/c1-17-13-25(27)23(15-21(17)19-9-5-3-6-10-19)24-16-22(18(2)14-26(24)28)20-11-7-4-8-12-20;1-6-4-2-3-5-7(6)8/h13-16,19-20,27-28H,3-12H2,1-2H3;2-5,8H,1H3. The average Bonchev–Trinajstić information content (AvgIpc) is 2.88. The first-order valence-corrected chi connectivity index (χ1v) is 13.8. The van der Waals surface area contributed by atoms with Gasteiger partial charge in [-0.3, -0.25) is 0 Å². The van der Waals surface area contributed by atoms with Gasteiger partial charge >= 0.3 is 0 Å². The number of rotatable bonds is 3. The number of para-hydroxylation sites is 1. The van der Waals surface area contributed by atoms with E-state index in [-0.39, 0.29) is 11.5 Å². The molecule has 3 aromatic rings. The highest BCUT2D eigenvalue weighted by Gasteiger charge is 2.23. The first-order chi connectivity index (χ1) is 17.3. The van der Waals surface area contributed by atoms with E-state index in [1.165, 1.54) is 86.5 Å². The molecule has 0 aliphatic heterocycles. The van der Waals surface area contributed by atoms with Gasteiger partial charge < -0.3 is 15.3 Å². The molecule has 2 aliphatic rings. The van der Waals surface area contributed by atoms with Gasteiger partial charge in [-0.05, 0) is 116 Å². The molecule has 0 radical (unpaired) electrons. The Morgan fingerprint density at radius 3 is 1.28 bits per heavy atom. The predicted octanol–water partition coefficient (Wildman–Crippen LogP) is 9.18. The topological polar surface area (TPSA) is 60.7 Å². The van der Waals surface area contributed by atoms with Crippen LogP contribution in [0.4, 0.5) is 0 Å². The van der Waals surface area contributed by atoms with E-state index in [1.807, 2.05) is 37.3 Å². The lowest BCUT2D eigenvalue weighted by molar-refractivity contribution is 0.439. The number of hydrogen-bond acceptors (Lipinski definition) is 3. The second-order valence-electron chi connectivity index (χ2n) is 10.9. The molecular formula is C33H42O3. The van der Waals surface area contributed by atoms with Gasteiger partial charge in [0, 0.05) is 11.1 Å². The molecule has 0 amide bonds.